The predicted octanol–water partition coefficient (Wildman–Crippen LogP) is 2.23. The van der Waals surface area contributed by atoms with Crippen molar-refractivity contribution < 1.29 is 14.6 Å². The summed E-state index contributed by atoms with van der Waals surface area (Å²) in [7, 11) is 0. The summed E-state index contributed by atoms with van der Waals surface area (Å²) in [6.45, 7) is 4.64. The van der Waals surface area contributed by atoms with Crippen molar-refractivity contribution in [3.8, 4) is 11.5 Å². The van der Waals surface area contributed by atoms with Crippen molar-refractivity contribution in [2.45, 2.75) is 32.5 Å². The molecule has 0 spiro atoms. The van der Waals surface area contributed by atoms with Gasteiger partial charge in [0.05, 0.1) is 12.5 Å². The van der Waals surface area contributed by atoms with Gasteiger partial charge in [-0.2, -0.15) is 0 Å². The lowest BCUT2D eigenvalue weighted by molar-refractivity contribution is -0.0340. The van der Waals surface area contributed by atoms with Crippen molar-refractivity contribution in [1.82, 2.24) is 0 Å². The molecule has 3 heteroatoms. The van der Waals surface area contributed by atoms with E-state index in [2.05, 4.69) is 0 Å². The lowest BCUT2D eigenvalue weighted by Gasteiger charge is -2.10. The number of rotatable bonds is 0. The van der Waals surface area contributed by atoms with Gasteiger partial charge in [0, 0.05) is 5.56 Å². The van der Waals surface area contributed by atoms with Crippen molar-refractivity contribution in [3.05, 3.63) is 22.8 Å². The number of aromatic hydroxyl groups is 1. The van der Waals surface area contributed by atoms with E-state index in [0.717, 1.165) is 35.5 Å². The fourth-order valence-electron chi connectivity index (χ4n) is 2.43. The second-order valence-electron chi connectivity index (χ2n) is 4.32. The fourth-order valence-corrected chi connectivity index (χ4v) is 2.43. The number of hydrogen-bond acceptors (Lipinski definition) is 3. The summed E-state index contributed by atoms with van der Waals surface area (Å²) in [6, 6.07) is 1.83. The molecule has 0 unspecified atom stereocenters. The van der Waals surface area contributed by atoms with E-state index in [1.165, 1.54) is 0 Å². The fraction of sp³-hybridized carbons (Fsp3) is 0.500. The van der Waals surface area contributed by atoms with Gasteiger partial charge in [-0.15, -0.1) is 0 Å². The standard InChI is InChI=1S/C12H14O3/c1-6-7(2)11-9(5-10(6)13)8-3-4-14-12(8)15-11/h5,8,12-13H,3-4H2,1-2H3/t8-,12+/m1/s1. The van der Waals surface area contributed by atoms with E-state index in [1.807, 2.05) is 19.9 Å². The third kappa shape index (κ3) is 1.10. The highest BCUT2D eigenvalue weighted by atomic mass is 16.7. The average Bonchev–Trinajstić information content (AvgIpc) is 2.76. The molecule has 15 heavy (non-hydrogen) atoms. The minimum atomic E-state index is -0.125. The molecule has 2 heterocycles. The Kier molecular flexibility index (Phi) is 1.74. The molecule has 1 saturated heterocycles. The zero-order valence-electron chi connectivity index (χ0n) is 8.91. The van der Waals surface area contributed by atoms with Crippen LogP contribution in [0.5, 0.6) is 11.5 Å². The van der Waals surface area contributed by atoms with Gasteiger partial charge >= 0.3 is 0 Å². The molecule has 0 amide bonds. The summed E-state index contributed by atoms with van der Waals surface area (Å²) in [4.78, 5) is 0. The van der Waals surface area contributed by atoms with Gasteiger partial charge in [-0.3, -0.25) is 0 Å². The SMILES string of the molecule is Cc1c(O)cc2c(c1C)O[C@@H]1OCC[C@H]21. The van der Waals surface area contributed by atoms with E-state index in [1.54, 1.807) is 0 Å². The molecule has 1 aromatic carbocycles. The maximum Gasteiger partial charge on any atom is 0.207 e. The third-order valence-corrected chi connectivity index (χ3v) is 3.51. The van der Waals surface area contributed by atoms with Gasteiger partial charge in [-0.25, -0.2) is 0 Å². The molecule has 2 atom stereocenters. The van der Waals surface area contributed by atoms with Gasteiger partial charge in [-0.05, 0) is 37.5 Å². The largest absolute Gasteiger partial charge is 0.508 e. The molecule has 1 fully saturated rings. The van der Waals surface area contributed by atoms with Gasteiger partial charge in [0.25, 0.3) is 0 Å². The summed E-state index contributed by atoms with van der Waals surface area (Å²) in [5, 5.41) is 9.79. The topological polar surface area (TPSA) is 38.7 Å². The van der Waals surface area contributed by atoms with Crippen LogP contribution in [-0.2, 0) is 4.74 Å². The monoisotopic (exact) mass is 206 g/mol. The summed E-state index contributed by atoms with van der Waals surface area (Å²) in [5.41, 5.74) is 3.04. The maximum atomic E-state index is 9.79. The molecule has 3 rings (SSSR count). The van der Waals surface area contributed by atoms with Crippen molar-refractivity contribution >= 4 is 0 Å². The molecule has 0 aliphatic carbocycles. The Hall–Kier alpha value is -1.22. The molecule has 3 nitrogen and oxygen atoms in total. The molecule has 1 aromatic rings. The Bertz CT molecular complexity index is 425. The number of benzene rings is 1. The van der Waals surface area contributed by atoms with Crippen LogP contribution in [0.25, 0.3) is 0 Å². The number of hydrogen-bond donors (Lipinski definition) is 1. The van der Waals surface area contributed by atoms with Crippen LogP contribution in [0.1, 0.15) is 29.0 Å². The van der Waals surface area contributed by atoms with Crippen molar-refractivity contribution in [2.75, 3.05) is 6.61 Å². The van der Waals surface area contributed by atoms with E-state index in [9.17, 15) is 5.11 Å². The molecule has 80 valence electrons. The minimum absolute atomic E-state index is 0.125. The van der Waals surface area contributed by atoms with Crippen LogP contribution in [0.4, 0.5) is 0 Å². The lowest BCUT2D eigenvalue weighted by Crippen LogP contribution is -2.13. The summed E-state index contributed by atoms with van der Waals surface area (Å²) in [6.07, 6.45) is 0.861. The molecule has 0 saturated carbocycles. The minimum Gasteiger partial charge on any atom is -0.508 e. The van der Waals surface area contributed by atoms with Crippen LogP contribution in [0, 0.1) is 13.8 Å². The highest BCUT2D eigenvalue weighted by Gasteiger charge is 2.40. The number of phenols is 1. The van der Waals surface area contributed by atoms with Crippen LogP contribution >= 0.6 is 0 Å². The number of fused-ring (bicyclic) bond motifs is 3. The van der Waals surface area contributed by atoms with E-state index in [4.69, 9.17) is 9.47 Å². The Morgan fingerprint density at radius 3 is 2.93 bits per heavy atom. The molecule has 2 aliphatic heterocycles. The second kappa shape index (κ2) is 2.89. The normalized spacial score (nSPS) is 27.3. The van der Waals surface area contributed by atoms with Crippen molar-refractivity contribution in [3.63, 3.8) is 0 Å². The first-order chi connectivity index (χ1) is 7.18. The van der Waals surface area contributed by atoms with Gasteiger partial charge < -0.3 is 14.6 Å². The summed E-state index contributed by atoms with van der Waals surface area (Å²) >= 11 is 0. The zero-order valence-corrected chi connectivity index (χ0v) is 8.91. The van der Waals surface area contributed by atoms with Gasteiger partial charge in [0.1, 0.15) is 11.5 Å². The molecular weight excluding hydrogens is 192 g/mol. The van der Waals surface area contributed by atoms with Crippen LogP contribution in [0.2, 0.25) is 0 Å². The van der Waals surface area contributed by atoms with Gasteiger partial charge in [0.2, 0.25) is 6.29 Å². The zero-order chi connectivity index (χ0) is 10.6. The average molecular weight is 206 g/mol. The Morgan fingerprint density at radius 2 is 2.13 bits per heavy atom. The third-order valence-electron chi connectivity index (χ3n) is 3.51. The first-order valence-corrected chi connectivity index (χ1v) is 5.30. The van der Waals surface area contributed by atoms with Crippen LogP contribution in [0.3, 0.4) is 0 Å². The molecular formula is C12H14O3. The van der Waals surface area contributed by atoms with Gasteiger partial charge in [0.15, 0.2) is 0 Å². The smallest absolute Gasteiger partial charge is 0.207 e. The Labute approximate surface area is 88.6 Å². The lowest BCUT2D eigenvalue weighted by atomic mass is 9.94. The highest BCUT2D eigenvalue weighted by Crippen LogP contribution is 2.48. The van der Waals surface area contributed by atoms with Crippen LogP contribution in [-0.4, -0.2) is 18.0 Å². The van der Waals surface area contributed by atoms with E-state index < -0.39 is 0 Å². The molecule has 1 N–H and O–H groups in total. The van der Waals surface area contributed by atoms with E-state index in [-0.39, 0.29) is 6.29 Å². The first kappa shape index (κ1) is 9.04. The quantitative estimate of drug-likeness (QED) is 0.707. The van der Waals surface area contributed by atoms with Crippen LogP contribution < -0.4 is 4.74 Å². The molecule has 0 bridgehead atoms. The summed E-state index contributed by atoms with van der Waals surface area (Å²) < 4.78 is 11.3. The Morgan fingerprint density at radius 1 is 1.33 bits per heavy atom. The molecule has 0 radical (unpaired) electrons. The highest BCUT2D eigenvalue weighted by molar-refractivity contribution is 5.55. The predicted molar refractivity (Wildman–Crippen MR) is 55.3 cm³/mol. The van der Waals surface area contributed by atoms with Crippen molar-refractivity contribution in [2.24, 2.45) is 0 Å². The summed E-state index contributed by atoms with van der Waals surface area (Å²) in [5.74, 6) is 1.59. The van der Waals surface area contributed by atoms with Crippen LogP contribution in [0.15, 0.2) is 6.07 Å². The van der Waals surface area contributed by atoms with Crippen molar-refractivity contribution in [1.29, 1.82) is 0 Å². The molecule has 0 aromatic heterocycles. The second-order valence-corrected chi connectivity index (χ2v) is 4.32. The van der Waals surface area contributed by atoms with E-state index >= 15 is 0 Å². The molecule has 2 aliphatic rings. The Balaban J connectivity index is 2.18. The first-order valence-electron chi connectivity index (χ1n) is 5.30. The number of phenolic OH excluding ortho intramolecular Hbond substituents is 1. The van der Waals surface area contributed by atoms with Gasteiger partial charge in [-0.1, -0.05) is 0 Å². The van der Waals surface area contributed by atoms with E-state index in [0.29, 0.717) is 11.7 Å². The maximum absolute atomic E-state index is 9.79. The number of ether oxygens (including phenoxy) is 2.